The predicted octanol–water partition coefficient (Wildman–Crippen LogP) is 2.54. The molecule has 2 aromatic rings. The first kappa shape index (κ1) is 7.73. The van der Waals surface area contributed by atoms with Crippen molar-refractivity contribution in [3.63, 3.8) is 0 Å². The molecule has 0 spiro atoms. The second-order valence-electron chi connectivity index (χ2n) is 2.56. The first-order valence-electron chi connectivity index (χ1n) is 3.48. The molecule has 0 N–H and O–H groups in total. The number of hydrogen-bond acceptors (Lipinski definition) is 1. The molecule has 12 heavy (non-hydrogen) atoms. The number of rotatable bonds is 0. The molecule has 0 amide bonds. The van der Waals surface area contributed by atoms with Crippen molar-refractivity contribution in [3.05, 3.63) is 34.4 Å². The van der Waals surface area contributed by atoms with Gasteiger partial charge in [-0.05, 0) is 35.0 Å². The van der Waals surface area contributed by atoms with Gasteiger partial charge in [0.05, 0.1) is 5.69 Å². The summed E-state index contributed by atoms with van der Waals surface area (Å²) in [5.41, 5.74) is 1.61. The molecule has 0 saturated carbocycles. The van der Waals surface area contributed by atoms with Crippen LogP contribution < -0.4 is 0 Å². The van der Waals surface area contributed by atoms with E-state index in [4.69, 9.17) is 0 Å². The Morgan fingerprint density at radius 1 is 1.50 bits per heavy atom. The molecule has 4 heteroatoms. The summed E-state index contributed by atoms with van der Waals surface area (Å²) in [5.74, 6) is -0.263. The van der Waals surface area contributed by atoms with Crippen molar-refractivity contribution in [2.24, 2.45) is 0 Å². The maximum atomic E-state index is 12.8. The SMILES string of the molecule is Cc1nc2ccc(F)cn2c1Br. The van der Waals surface area contributed by atoms with Crippen molar-refractivity contribution >= 4 is 21.6 Å². The van der Waals surface area contributed by atoms with Gasteiger partial charge in [0.15, 0.2) is 0 Å². The van der Waals surface area contributed by atoms with E-state index in [1.54, 1.807) is 10.5 Å². The van der Waals surface area contributed by atoms with Crippen molar-refractivity contribution < 1.29 is 4.39 Å². The van der Waals surface area contributed by atoms with Gasteiger partial charge in [0.1, 0.15) is 16.1 Å². The predicted molar refractivity (Wildman–Crippen MR) is 47.6 cm³/mol. The van der Waals surface area contributed by atoms with E-state index in [1.165, 1.54) is 12.3 Å². The van der Waals surface area contributed by atoms with Crippen LogP contribution in [0.2, 0.25) is 0 Å². The topological polar surface area (TPSA) is 17.3 Å². The summed E-state index contributed by atoms with van der Waals surface area (Å²) in [4.78, 5) is 4.20. The van der Waals surface area contributed by atoms with Gasteiger partial charge in [0.2, 0.25) is 0 Å². The zero-order chi connectivity index (χ0) is 8.72. The van der Waals surface area contributed by atoms with Crippen LogP contribution in [0.3, 0.4) is 0 Å². The molecule has 2 heterocycles. The third kappa shape index (κ3) is 1.03. The summed E-state index contributed by atoms with van der Waals surface area (Å²) in [6.45, 7) is 1.87. The fourth-order valence-electron chi connectivity index (χ4n) is 1.11. The van der Waals surface area contributed by atoms with Crippen molar-refractivity contribution in [3.8, 4) is 0 Å². The molecule has 0 radical (unpaired) electrons. The first-order chi connectivity index (χ1) is 5.68. The molecular weight excluding hydrogens is 223 g/mol. The molecular formula is C8H6BrFN2. The van der Waals surface area contributed by atoms with E-state index in [0.29, 0.717) is 0 Å². The van der Waals surface area contributed by atoms with Crippen LogP contribution in [0.1, 0.15) is 5.69 Å². The average molecular weight is 229 g/mol. The Labute approximate surface area is 77.2 Å². The lowest BCUT2D eigenvalue weighted by atomic mass is 10.5. The first-order valence-corrected chi connectivity index (χ1v) is 4.27. The number of aryl methyl sites for hydroxylation is 1. The monoisotopic (exact) mass is 228 g/mol. The van der Waals surface area contributed by atoms with E-state index in [9.17, 15) is 4.39 Å². The molecule has 0 unspecified atom stereocenters. The zero-order valence-corrected chi connectivity index (χ0v) is 7.97. The van der Waals surface area contributed by atoms with E-state index in [1.807, 2.05) is 6.92 Å². The molecule has 2 aromatic heterocycles. The van der Waals surface area contributed by atoms with Crippen LogP contribution in [0.5, 0.6) is 0 Å². The van der Waals surface area contributed by atoms with Crippen LogP contribution in [0, 0.1) is 12.7 Å². The number of imidazole rings is 1. The Bertz CT molecular complexity index is 436. The van der Waals surface area contributed by atoms with Crippen molar-refractivity contribution in [2.75, 3.05) is 0 Å². The fourth-order valence-corrected chi connectivity index (χ4v) is 1.48. The van der Waals surface area contributed by atoms with E-state index in [2.05, 4.69) is 20.9 Å². The number of halogens is 2. The van der Waals surface area contributed by atoms with Gasteiger partial charge in [-0.3, -0.25) is 4.40 Å². The molecule has 0 atom stereocenters. The minimum atomic E-state index is -0.263. The van der Waals surface area contributed by atoms with Gasteiger partial charge in [-0.25, -0.2) is 9.37 Å². The van der Waals surface area contributed by atoms with Gasteiger partial charge < -0.3 is 0 Å². The van der Waals surface area contributed by atoms with Crippen LogP contribution in [0.15, 0.2) is 22.9 Å². The third-order valence-electron chi connectivity index (χ3n) is 1.68. The lowest BCUT2D eigenvalue weighted by molar-refractivity contribution is 0.618. The van der Waals surface area contributed by atoms with Crippen molar-refractivity contribution in [1.29, 1.82) is 0 Å². The summed E-state index contributed by atoms with van der Waals surface area (Å²) in [6, 6.07) is 3.04. The molecule has 0 aliphatic carbocycles. The van der Waals surface area contributed by atoms with E-state index < -0.39 is 0 Å². The lowest BCUT2D eigenvalue weighted by Crippen LogP contribution is -1.85. The van der Waals surface area contributed by atoms with Crippen LogP contribution in [0.4, 0.5) is 4.39 Å². The van der Waals surface area contributed by atoms with Crippen molar-refractivity contribution in [2.45, 2.75) is 6.92 Å². The molecule has 0 aromatic carbocycles. The molecule has 0 bridgehead atoms. The van der Waals surface area contributed by atoms with Crippen molar-refractivity contribution in [1.82, 2.24) is 9.38 Å². The molecule has 0 fully saturated rings. The summed E-state index contributed by atoms with van der Waals surface area (Å²) < 4.78 is 15.2. The molecule has 2 rings (SSSR count). The zero-order valence-electron chi connectivity index (χ0n) is 6.38. The molecule has 62 valence electrons. The molecule has 0 aliphatic rings. The minimum absolute atomic E-state index is 0.263. The van der Waals surface area contributed by atoms with E-state index >= 15 is 0 Å². The number of hydrogen-bond donors (Lipinski definition) is 0. The highest BCUT2D eigenvalue weighted by Crippen LogP contribution is 2.18. The normalized spacial score (nSPS) is 10.9. The smallest absolute Gasteiger partial charge is 0.139 e. The van der Waals surface area contributed by atoms with Crippen LogP contribution in [0.25, 0.3) is 5.65 Å². The van der Waals surface area contributed by atoms with Gasteiger partial charge >= 0.3 is 0 Å². The van der Waals surface area contributed by atoms with Gasteiger partial charge in [0, 0.05) is 6.20 Å². The number of nitrogens with zero attached hydrogens (tertiary/aromatic N) is 2. The lowest BCUT2D eigenvalue weighted by Gasteiger charge is -1.93. The minimum Gasteiger partial charge on any atom is -0.291 e. The summed E-state index contributed by atoms with van der Waals surface area (Å²) >= 11 is 3.32. The number of pyridine rings is 1. The standard InChI is InChI=1S/C8H6BrFN2/c1-5-8(9)12-4-6(10)2-3-7(12)11-5/h2-4H,1H3. The Balaban J connectivity index is 2.88. The van der Waals surface area contributed by atoms with Gasteiger partial charge in [-0.15, -0.1) is 0 Å². The average Bonchev–Trinajstić information content (AvgIpc) is 2.31. The highest BCUT2D eigenvalue weighted by molar-refractivity contribution is 9.10. The largest absolute Gasteiger partial charge is 0.291 e. The molecule has 0 saturated heterocycles. The highest BCUT2D eigenvalue weighted by atomic mass is 79.9. The van der Waals surface area contributed by atoms with Gasteiger partial charge in [0.25, 0.3) is 0 Å². The summed E-state index contributed by atoms with van der Waals surface area (Å²) in [7, 11) is 0. The van der Waals surface area contributed by atoms with Gasteiger partial charge in [-0.1, -0.05) is 0 Å². The van der Waals surface area contributed by atoms with Crippen LogP contribution >= 0.6 is 15.9 Å². The van der Waals surface area contributed by atoms with E-state index in [-0.39, 0.29) is 5.82 Å². The molecule has 0 aliphatic heterocycles. The Hall–Kier alpha value is -0.900. The quantitative estimate of drug-likeness (QED) is 0.678. The summed E-state index contributed by atoms with van der Waals surface area (Å²) in [6.07, 6.45) is 1.40. The summed E-state index contributed by atoms with van der Waals surface area (Å²) in [5, 5.41) is 0. The van der Waals surface area contributed by atoms with Gasteiger partial charge in [-0.2, -0.15) is 0 Å². The Morgan fingerprint density at radius 3 is 3.00 bits per heavy atom. The van der Waals surface area contributed by atoms with Crippen LogP contribution in [-0.2, 0) is 0 Å². The second kappa shape index (κ2) is 2.55. The van der Waals surface area contributed by atoms with Crippen LogP contribution in [-0.4, -0.2) is 9.38 Å². The third-order valence-corrected chi connectivity index (χ3v) is 2.64. The fraction of sp³-hybridized carbons (Fsp3) is 0.125. The maximum absolute atomic E-state index is 12.8. The van der Waals surface area contributed by atoms with E-state index in [0.717, 1.165) is 15.9 Å². The molecule has 2 nitrogen and oxygen atoms in total. The second-order valence-corrected chi connectivity index (χ2v) is 3.31. The highest BCUT2D eigenvalue weighted by Gasteiger charge is 2.04. The maximum Gasteiger partial charge on any atom is 0.139 e. The Kier molecular flexibility index (Phi) is 1.65. The number of aromatic nitrogens is 2. The number of fused-ring (bicyclic) bond motifs is 1. The Morgan fingerprint density at radius 2 is 2.25 bits per heavy atom.